The molecule has 13 heavy (non-hydrogen) atoms. The molecular weight excluding hydrogens is 171 g/mol. The first-order valence-electron chi connectivity index (χ1n) is 4.48. The van der Waals surface area contributed by atoms with Gasteiger partial charge in [-0.05, 0) is 25.7 Å². The van der Waals surface area contributed by atoms with Crippen molar-refractivity contribution in [3.8, 4) is 12.3 Å². The van der Waals surface area contributed by atoms with Crippen molar-refractivity contribution >= 4 is 5.97 Å². The largest absolute Gasteiger partial charge is 0.452 e. The molecule has 72 valence electrons. The Kier molecular flexibility index (Phi) is 3.75. The quantitative estimate of drug-likeness (QED) is 0.482. The van der Waals surface area contributed by atoms with Crippen molar-refractivity contribution in [3.05, 3.63) is 0 Å². The Morgan fingerprint density at radius 3 is 2.62 bits per heavy atom. The Bertz CT molecular complexity index is 211. The topological polar surface area (TPSA) is 26.3 Å². The van der Waals surface area contributed by atoms with Crippen LogP contribution in [0.4, 0.5) is 4.39 Å². The predicted molar refractivity (Wildman–Crippen MR) is 46.6 cm³/mol. The van der Waals surface area contributed by atoms with Crippen LogP contribution in [0.25, 0.3) is 0 Å². The Morgan fingerprint density at radius 1 is 1.46 bits per heavy atom. The van der Waals surface area contributed by atoms with Crippen molar-refractivity contribution in [1.29, 1.82) is 0 Å². The highest BCUT2D eigenvalue weighted by molar-refractivity contribution is 5.72. The molecule has 3 heteroatoms. The van der Waals surface area contributed by atoms with Gasteiger partial charge in [-0.3, -0.25) is 4.79 Å². The van der Waals surface area contributed by atoms with E-state index in [1.165, 1.54) is 0 Å². The van der Waals surface area contributed by atoms with Crippen LogP contribution < -0.4 is 0 Å². The minimum absolute atomic E-state index is 0.0222. The molecule has 1 rings (SSSR count). The summed E-state index contributed by atoms with van der Waals surface area (Å²) in [7, 11) is 0. The SMILES string of the molecule is C#CCOC(=O)C1CCC(F)CC1. The molecule has 1 aliphatic rings. The van der Waals surface area contributed by atoms with Gasteiger partial charge in [-0.25, -0.2) is 4.39 Å². The Hall–Kier alpha value is -1.04. The average molecular weight is 184 g/mol. The fourth-order valence-electron chi connectivity index (χ4n) is 1.52. The molecule has 1 aliphatic carbocycles. The van der Waals surface area contributed by atoms with Crippen LogP contribution in [0, 0.1) is 18.3 Å². The Balaban J connectivity index is 2.28. The second-order valence-electron chi connectivity index (χ2n) is 3.26. The van der Waals surface area contributed by atoms with E-state index in [-0.39, 0.29) is 18.5 Å². The first-order chi connectivity index (χ1) is 6.24. The minimum Gasteiger partial charge on any atom is -0.452 e. The van der Waals surface area contributed by atoms with Crippen LogP contribution in [0.2, 0.25) is 0 Å². The van der Waals surface area contributed by atoms with Gasteiger partial charge in [0, 0.05) is 0 Å². The van der Waals surface area contributed by atoms with Gasteiger partial charge >= 0.3 is 5.97 Å². The zero-order chi connectivity index (χ0) is 9.68. The lowest BCUT2D eigenvalue weighted by atomic mass is 9.88. The highest BCUT2D eigenvalue weighted by atomic mass is 19.1. The number of hydrogen-bond donors (Lipinski definition) is 0. The van der Waals surface area contributed by atoms with Gasteiger partial charge in [0.15, 0.2) is 6.61 Å². The number of hydrogen-bond acceptors (Lipinski definition) is 2. The van der Waals surface area contributed by atoms with E-state index in [0.29, 0.717) is 25.7 Å². The number of carbonyl (C=O) groups is 1. The van der Waals surface area contributed by atoms with Crippen LogP contribution in [0.3, 0.4) is 0 Å². The van der Waals surface area contributed by atoms with Crippen LogP contribution in [0.5, 0.6) is 0 Å². The highest BCUT2D eigenvalue weighted by Crippen LogP contribution is 2.26. The molecule has 0 spiro atoms. The molecule has 0 aromatic carbocycles. The summed E-state index contributed by atoms with van der Waals surface area (Å²) in [5, 5.41) is 0. The molecule has 2 nitrogen and oxygen atoms in total. The average Bonchev–Trinajstić information content (AvgIpc) is 2.15. The molecule has 0 aromatic heterocycles. The molecule has 0 aromatic rings. The number of carbonyl (C=O) groups excluding carboxylic acids is 1. The zero-order valence-electron chi connectivity index (χ0n) is 7.46. The summed E-state index contributed by atoms with van der Waals surface area (Å²) in [5.74, 6) is 1.82. The van der Waals surface area contributed by atoms with Crippen molar-refractivity contribution in [2.24, 2.45) is 5.92 Å². The van der Waals surface area contributed by atoms with Crippen LogP contribution in [0.1, 0.15) is 25.7 Å². The number of alkyl halides is 1. The fraction of sp³-hybridized carbons (Fsp3) is 0.700. The minimum atomic E-state index is -0.739. The summed E-state index contributed by atoms with van der Waals surface area (Å²) in [6, 6.07) is 0. The molecule has 1 fully saturated rings. The van der Waals surface area contributed by atoms with Crippen molar-refractivity contribution in [2.45, 2.75) is 31.9 Å². The number of terminal acetylenes is 1. The van der Waals surface area contributed by atoms with Crippen LogP contribution in [-0.2, 0) is 9.53 Å². The molecule has 0 atom stereocenters. The lowest BCUT2D eigenvalue weighted by Crippen LogP contribution is -2.24. The van der Waals surface area contributed by atoms with Gasteiger partial charge in [0.05, 0.1) is 5.92 Å². The summed E-state index contributed by atoms with van der Waals surface area (Å²) in [6.45, 7) is 0.0222. The second-order valence-corrected chi connectivity index (χ2v) is 3.26. The molecule has 0 radical (unpaired) electrons. The monoisotopic (exact) mass is 184 g/mol. The molecule has 0 heterocycles. The summed E-state index contributed by atoms with van der Waals surface area (Å²) < 4.78 is 17.5. The van der Waals surface area contributed by atoms with Gasteiger partial charge in [0.2, 0.25) is 0 Å². The lowest BCUT2D eigenvalue weighted by Gasteiger charge is -2.21. The number of ether oxygens (including phenoxy) is 1. The van der Waals surface area contributed by atoms with E-state index in [4.69, 9.17) is 11.2 Å². The van der Waals surface area contributed by atoms with Crippen molar-refractivity contribution < 1.29 is 13.9 Å². The summed E-state index contributed by atoms with van der Waals surface area (Å²) in [6.07, 6.45) is 6.31. The number of halogens is 1. The van der Waals surface area contributed by atoms with E-state index in [1.807, 2.05) is 0 Å². The third kappa shape index (κ3) is 3.06. The zero-order valence-corrected chi connectivity index (χ0v) is 7.46. The van der Waals surface area contributed by atoms with E-state index in [9.17, 15) is 9.18 Å². The molecule has 0 N–H and O–H groups in total. The Labute approximate surface area is 77.5 Å². The maximum absolute atomic E-state index is 12.7. The standard InChI is InChI=1S/C10H13FO2/c1-2-7-13-10(12)8-3-5-9(11)6-4-8/h1,8-9H,3-7H2. The first kappa shape index (κ1) is 10.0. The number of rotatable bonds is 2. The normalized spacial score (nSPS) is 27.7. The van der Waals surface area contributed by atoms with E-state index >= 15 is 0 Å². The van der Waals surface area contributed by atoms with Gasteiger partial charge in [-0.1, -0.05) is 5.92 Å². The van der Waals surface area contributed by atoms with Crippen molar-refractivity contribution in [3.63, 3.8) is 0 Å². The van der Waals surface area contributed by atoms with Crippen LogP contribution in [0.15, 0.2) is 0 Å². The van der Waals surface area contributed by atoms with E-state index in [1.54, 1.807) is 0 Å². The molecular formula is C10H13FO2. The molecule has 0 bridgehead atoms. The van der Waals surface area contributed by atoms with Gasteiger partial charge in [0.25, 0.3) is 0 Å². The third-order valence-electron chi connectivity index (χ3n) is 2.29. The second kappa shape index (κ2) is 4.86. The van der Waals surface area contributed by atoms with E-state index in [0.717, 1.165) is 0 Å². The fourth-order valence-corrected chi connectivity index (χ4v) is 1.52. The molecule has 0 amide bonds. The maximum atomic E-state index is 12.7. The third-order valence-corrected chi connectivity index (χ3v) is 2.29. The predicted octanol–water partition coefficient (Wildman–Crippen LogP) is 1.69. The highest BCUT2D eigenvalue weighted by Gasteiger charge is 2.26. The van der Waals surface area contributed by atoms with Gasteiger partial charge in [0.1, 0.15) is 6.17 Å². The number of esters is 1. The van der Waals surface area contributed by atoms with Crippen molar-refractivity contribution in [2.75, 3.05) is 6.61 Å². The van der Waals surface area contributed by atoms with E-state index < -0.39 is 6.17 Å². The summed E-state index contributed by atoms with van der Waals surface area (Å²) >= 11 is 0. The van der Waals surface area contributed by atoms with Gasteiger partial charge in [-0.2, -0.15) is 0 Å². The Morgan fingerprint density at radius 2 is 2.08 bits per heavy atom. The van der Waals surface area contributed by atoms with Crippen molar-refractivity contribution in [1.82, 2.24) is 0 Å². The molecule has 1 saturated carbocycles. The van der Waals surface area contributed by atoms with E-state index in [2.05, 4.69) is 5.92 Å². The summed E-state index contributed by atoms with van der Waals surface area (Å²) in [5.41, 5.74) is 0. The van der Waals surface area contributed by atoms with Crippen LogP contribution in [-0.4, -0.2) is 18.7 Å². The molecule has 0 unspecified atom stereocenters. The first-order valence-corrected chi connectivity index (χ1v) is 4.48. The van der Waals surface area contributed by atoms with Gasteiger partial charge < -0.3 is 4.74 Å². The summed E-state index contributed by atoms with van der Waals surface area (Å²) in [4.78, 5) is 11.2. The lowest BCUT2D eigenvalue weighted by molar-refractivity contribution is -0.148. The molecule has 0 aliphatic heterocycles. The molecule has 0 saturated heterocycles. The van der Waals surface area contributed by atoms with Gasteiger partial charge in [-0.15, -0.1) is 6.42 Å². The maximum Gasteiger partial charge on any atom is 0.309 e. The smallest absolute Gasteiger partial charge is 0.309 e. The van der Waals surface area contributed by atoms with Crippen LogP contribution >= 0.6 is 0 Å².